The molecule has 0 radical (unpaired) electrons. The van der Waals surface area contributed by atoms with Gasteiger partial charge in [0, 0.05) is 39.2 Å². The maximum Gasteiger partial charge on any atom is 0.0708 e. The van der Waals surface area contributed by atoms with Gasteiger partial charge in [0.25, 0.3) is 0 Å². The number of allylic oxidation sites excluding steroid dienone is 4. The molecular weight excluding hydrogens is 761 g/mol. The normalized spacial score (nSPS) is 15.1. The summed E-state index contributed by atoms with van der Waals surface area (Å²) < 4.78 is 0. The molecule has 0 bridgehead atoms. The van der Waals surface area contributed by atoms with Crippen molar-refractivity contribution >= 4 is 55.0 Å². The number of nitrogens with zero attached hydrogens (tertiary/aromatic N) is 1. The fourth-order valence-electron chi connectivity index (χ4n) is 10.9. The first-order chi connectivity index (χ1) is 31.0. The predicted octanol–water partition coefficient (Wildman–Crippen LogP) is 14.0. The van der Waals surface area contributed by atoms with Crippen LogP contribution >= 0.6 is 0 Å². The van der Waals surface area contributed by atoms with Gasteiger partial charge in [0.15, 0.2) is 0 Å². The highest BCUT2D eigenvalue weighted by Crippen LogP contribution is 2.53. The third-order valence-corrected chi connectivity index (χ3v) is 13.8. The number of para-hydroxylation sites is 1. The molecule has 9 aromatic carbocycles. The minimum Gasteiger partial charge on any atom is -0.404 e. The van der Waals surface area contributed by atoms with E-state index in [1.807, 2.05) is 6.20 Å². The number of benzene rings is 9. The van der Waals surface area contributed by atoms with Gasteiger partial charge in [-0.15, -0.1) is 0 Å². The van der Waals surface area contributed by atoms with Crippen LogP contribution in [0.4, 0.5) is 0 Å². The molecule has 63 heavy (non-hydrogen) atoms. The highest BCUT2D eigenvalue weighted by Gasteiger charge is 2.36. The Morgan fingerprint density at radius 2 is 1.02 bits per heavy atom. The summed E-state index contributed by atoms with van der Waals surface area (Å²) >= 11 is 0. The number of pyridine rings is 1. The Morgan fingerprint density at radius 3 is 1.62 bits per heavy atom. The first kappa shape index (κ1) is 37.0. The van der Waals surface area contributed by atoms with Gasteiger partial charge in [-0.1, -0.05) is 190 Å². The quantitative estimate of drug-likeness (QED) is 0.142. The van der Waals surface area contributed by atoms with E-state index in [2.05, 4.69) is 214 Å². The molecule has 12 rings (SSSR count). The molecule has 2 aliphatic rings. The second kappa shape index (κ2) is 14.4. The summed E-state index contributed by atoms with van der Waals surface area (Å²) in [6.45, 7) is 4.78. The Balaban J connectivity index is 1.08. The second-order valence-electron chi connectivity index (χ2n) is 17.5. The van der Waals surface area contributed by atoms with Gasteiger partial charge >= 0.3 is 0 Å². The lowest BCUT2D eigenvalue weighted by atomic mass is 9.79. The molecule has 0 spiro atoms. The monoisotopic (exact) mass is 804 g/mol. The summed E-state index contributed by atoms with van der Waals surface area (Å²) in [5, 5.41) is 10.7. The van der Waals surface area contributed by atoms with Gasteiger partial charge in [-0.25, -0.2) is 0 Å². The zero-order valence-corrected chi connectivity index (χ0v) is 35.4. The topological polar surface area (TPSA) is 38.9 Å². The van der Waals surface area contributed by atoms with Crippen LogP contribution in [0.15, 0.2) is 200 Å². The fourth-order valence-corrected chi connectivity index (χ4v) is 10.9. The molecule has 1 heterocycles. The zero-order chi connectivity index (χ0) is 42.2. The maximum atomic E-state index is 6.81. The van der Waals surface area contributed by atoms with E-state index < -0.39 is 0 Å². The zero-order valence-electron chi connectivity index (χ0n) is 35.4. The summed E-state index contributed by atoms with van der Waals surface area (Å²) in [6, 6.07) is 62.3. The average molecular weight is 805 g/mol. The molecule has 0 unspecified atom stereocenters. The molecule has 298 valence electrons. The van der Waals surface area contributed by atoms with Gasteiger partial charge < -0.3 is 5.73 Å². The third kappa shape index (κ3) is 5.61. The maximum absolute atomic E-state index is 6.81. The van der Waals surface area contributed by atoms with Crippen molar-refractivity contribution < 1.29 is 0 Å². The summed E-state index contributed by atoms with van der Waals surface area (Å²) in [6.07, 6.45) is 13.6. The number of hydrogen-bond donors (Lipinski definition) is 1. The van der Waals surface area contributed by atoms with E-state index in [1.165, 1.54) is 110 Å². The van der Waals surface area contributed by atoms with Crippen LogP contribution < -0.4 is 16.2 Å². The average Bonchev–Trinajstić information content (AvgIpc) is 3.57. The van der Waals surface area contributed by atoms with Crippen LogP contribution in [0.1, 0.15) is 31.4 Å². The number of nitrogens with two attached hydrogens (primary N) is 1. The lowest BCUT2D eigenvalue weighted by Crippen LogP contribution is -2.33. The van der Waals surface area contributed by atoms with Crippen molar-refractivity contribution in [2.75, 3.05) is 0 Å². The number of fused-ring (bicyclic) bond motifs is 8. The minimum absolute atomic E-state index is 0.280. The Kier molecular flexibility index (Phi) is 8.45. The molecule has 2 N–H and O–H groups in total. The standard InChI is InChI=1S/C61H44N2/c1-61(2)52-34-41(55-45-24-12-14-26-47(45)57(38-18-6-3-7-19-38)59(50(55)36-62)40-22-10-5-11-23-40)30-32-43(52)44-33-31-42(35-53(44)61)56-46-25-13-15-27-48(46)58(39-20-8-4-9-21-39)60-49-28-16-17-29-54(49)63-37-51(56)60/h3-22,24-37H,23,62H2,1-2H3/b50-36-,59-40+. The SMILES string of the molecule is CC1(C)c2cc(-c3c(=C/N)/c(=C4/C=CC=CC4)c(-c4ccccc4)c4ccccc34)ccc2-c2ccc(-c3c4ccccc4c(-c4ccccc4)c4c3cnc3ccccc34)cc21. The lowest BCUT2D eigenvalue weighted by molar-refractivity contribution is 0.661. The Bertz CT molecular complexity index is 3720. The van der Waals surface area contributed by atoms with Crippen molar-refractivity contribution in [3.05, 3.63) is 222 Å². The molecule has 0 amide bonds. The molecule has 2 heteroatoms. The number of hydrogen-bond acceptors (Lipinski definition) is 2. The molecule has 0 atom stereocenters. The van der Waals surface area contributed by atoms with Crippen LogP contribution in [0.5, 0.6) is 0 Å². The summed E-state index contributed by atoms with van der Waals surface area (Å²) in [7, 11) is 0. The van der Waals surface area contributed by atoms with Crippen molar-refractivity contribution in [1.82, 2.24) is 4.98 Å². The molecule has 2 aliphatic carbocycles. The van der Waals surface area contributed by atoms with Crippen LogP contribution in [-0.2, 0) is 5.41 Å². The number of aromatic nitrogens is 1. The van der Waals surface area contributed by atoms with Gasteiger partial charge in [-0.3, -0.25) is 4.98 Å². The Hall–Kier alpha value is -7.81. The van der Waals surface area contributed by atoms with Crippen LogP contribution in [0, 0.1) is 0 Å². The van der Waals surface area contributed by atoms with Gasteiger partial charge in [0.05, 0.1) is 5.52 Å². The predicted molar refractivity (Wildman–Crippen MR) is 268 cm³/mol. The molecule has 0 aliphatic heterocycles. The molecule has 0 saturated carbocycles. The molecule has 10 aromatic rings. The smallest absolute Gasteiger partial charge is 0.0708 e. The first-order valence-corrected chi connectivity index (χ1v) is 22.0. The van der Waals surface area contributed by atoms with Crippen molar-refractivity contribution in [2.45, 2.75) is 25.7 Å². The van der Waals surface area contributed by atoms with Crippen LogP contribution in [0.2, 0.25) is 0 Å². The van der Waals surface area contributed by atoms with E-state index in [4.69, 9.17) is 10.7 Å². The van der Waals surface area contributed by atoms with Crippen molar-refractivity contribution in [3.63, 3.8) is 0 Å². The molecule has 2 nitrogen and oxygen atoms in total. The summed E-state index contributed by atoms with van der Waals surface area (Å²) in [5.41, 5.74) is 23.7. The molecule has 0 saturated heterocycles. The highest BCUT2D eigenvalue weighted by molar-refractivity contribution is 6.27. The van der Waals surface area contributed by atoms with Crippen molar-refractivity contribution in [1.29, 1.82) is 0 Å². The molecule has 0 fully saturated rings. The van der Waals surface area contributed by atoms with Crippen molar-refractivity contribution in [2.24, 2.45) is 5.73 Å². The van der Waals surface area contributed by atoms with Crippen LogP contribution in [0.25, 0.3) is 111 Å². The third-order valence-electron chi connectivity index (χ3n) is 13.8. The Labute approximate surface area is 367 Å². The van der Waals surface area contributed by atoms with Gasteiger partial charge in [0.1, 0.15) is 0 Å². The van der Waals surface area contributed by atoms with E-state index in [0.717, 1.165) is 22.5 Å². The van der Waals surface area contributed by atoms with E-state index in [9.17, 15) is 0 Å². The molecular formula is C61H44N2. The van der Waals surface area contributed by atoms with Gasteiger partial charge in [0.2, 0.25) is 0 Å². The minimum atomic E-state index is -0.280. The van der Waals surface area contributed by atoms with E-state index >= 15 is 0 Å². The first-order valence-electron chi connectivity index (χ1n) is 22.0. The summed E-state index contributed by atoms with van der Waals surface area (Å²) in [5.74, 6) is 0. The molecule has 1 aromatic heterocycles. The van der Waals surface area contributed by atoms with Gasteiger partial charge in [-0.2, -0.15) is 0 Å². The number of rotatable bonds is 4. The highest BCUT2D eigenvalue weighted by atomic mass is 14.7. The van der Waals surface area contributed by atoms with Crippen LogP contribution in [0.3, 0.4) is 0 Å². The van der Waals surface area contributed by atoms with E-state index in [0.29, 0.717) is 0 Å². The fraction of sp³-hybridized carbons (Fsp3) is 0.0656. The largest absolute Gasteiger partial charge is 0.404 e. The lowest BCUT2D eigenvalue weighted by Gasteiger charge is -2.24. The second-order valence-corrected chi connectivity index (χ2v) is 17.5. The Morgan fingerprint density at radius 1 is 0.492 bits per heavy atom. The van der Waals surface area contributed by atoms with Crippen molar-refractivity contribution in [3.8, 4) is 55.6 Å². The summed E-state index contributed by atoms with van der Waals surface area (Å²) in [4.78, 5) is 5.08. The van der Waals surface area contributed by atoms with Crippen LogP contribution in [-0.4, -0.2) is 4.98 Å². The van der Waals surface area contributed by atoms with Gasteiger partial charge in [-0.05, 0) is 124 Å². The van der Waals surface area contributed by atoms with E-state index in [1.54, 1.807) is 0 Å². The van der Waals surface area contributed by atoms with E-state index in [-0.39, 0.29) is 5.41 Å².